The molecule has 0 amide bonds. The van der Waals surface area contributed by atoms with Crippen molar-refractivity contribution >= 4 is 15.5 Å². The Morgan fingerprint density at radius 2 is 2.15 bits per heavy atom. The first-order valence-electron chi connectivity index (χ1n) is 6.78. The van der Waals surface area contributed by atoms with Crippen molar-refractivity contribution in [2.24, 2.45) is 5.92 Å². The highest BCUT2D eigenvalue weighted by molar-refractivity contribution is 7.91. The van der Waals surface area contributed by atoms with E-state index in [0.29, 0.717) is 17.4 Å². The summed E-state index contributed by atoms with van der Waals surface area (Å²) < 4.78 is 30.1. The molecule has 20 heavy (non-hydrogen) atoms. The van der Waals surface area contributed by atoms with E-state index < -0.39 is 9.84 Å². The quantitative estimate of drug-likeness (QED) is 0.864. The Hall–Kier alpha value is -1.56. The SMILES string of the molecule is COc1cccn2cc(CC3CCS(=O)(=O)CC3)nc12. The summed E-state index contributed by atoms with van der Waals surface area (Å²) in [7, 11) is -1.15. The van der Waals surface area contributed by atoms with Gasteiger partial charge in [-0.15, -0.1) is 0 Å². The summed E-state index contributed by atoms with van der Waals surface area (Å²) in [5.74, 6) is 1.79. The fourth-order valence-electron chi connectivity index (χ4n) is 2.73. The van der Waals surface area contributed by atoms with Crippen molar-refractivity contribution in [2.45, 2.75) is 19.3 Å². The fourth-order valence-corrected chi connectivity index (χ4v) is 4.32. The lowest BCUT2D eigenvalue weighted by molar-refractivity contribution is 0.417. The first kappa shape index (κ1) is 13.4. The summed E-state index contributed by atoms with van der Waals surface area (Å²) in [5, 5.41) is 0. The van der Waals surface area contributed by atoms with Crippen LogP contribution in [0, 0.1) is 5.92 Å². The van der Waals surface area contributed by atoms with Crippen molar-refractivity contribution in [1.82, 2.24) is 9.38 Å². The lowest BCUT2D eigenvalue weighted by Crippen LogP contribution is -2.24. The number of fused-ring (bicyclic) bond motifs is 1. The maximum absolute atomic E-state index is 11.4. The van der Waals surface area contributed by atoms with E-state index in [-0.39, 0.29) is 0 Å². The number of aromatic nitrogens is 2. The van der Waals surface area contributed by atoms with Crippen LogP contribution in [0.3, 0.4) is 0 Å². The van der Waals surface area contributed by atoms with Gasteiger partial charge in [0.05, 0.1) is 24.3 Å². The Morgan fingerprint density at radius 3 is 2.85 bits per heavy atom. The van der Waals surface area contributed by atoms with Crippen LogP contribution in [0.2, 0.25) is 0 Å². The lowest BCUT2D eigenvalue weighted by atomic mass is 9.97. The van der Waals surface area contributed by atoms with Gasteiger partial charge in [-0.2, -0.15) is 0 Å². The van der Waals surface area contributed by atoms with Crippen LogP contribution in [0.5, 0.6) is 5.75 Å². The van der Waals surface area contributed by atoms with Gasteiger partial charge in [-0.25, -0.2) is 13.4 Å². The molecule has 0 aromatic carbocycles. The van der Waals surface area contributed by atoms with Gasteiger partial charge in [0.1, 0.15) is 9.84 Å². The van der Waals surface area contributed by atoms with Gasteiger partial charge in [-0.1, -0.05) is 0 Å². The van der Waals surface area contributed by atoms with Crippen molar-refractivity contribution in [1.29, 1.82) is 0 Å². The number of imidazole rings is 1. The maximum atomic E-state index is 11.4. The van der Waals surface area contributed by atoms with Gasteiger partial charge in [0, 0.05) is 12.4 Å². The molecule has 3 heterocycles. The normalized spacial score (nSPS) is 19.2. The van der Waals surface area contributed by atoms with E-state index >= 15 is 0 Å². The minimum atomic E-state index is -2.79. The molecule has 108 valence electrons. The predicted molar refractivity (Wildman–Crippen MR) is 76.8 cm³/mol. The number of pyridine rings is 1. The van der Waals surface area contributed by atoms with Crippen molar-refractivity contribution in [3.8, 4) is 5.75 Å². The third-order valence-electron chi connectivity index (χ3n) is 3.89. The van der Waals surface area contributed by atoms with Crippen molar-refractivity contribution in [2.75, 3.05) is 18.6 Å². The van der Waals surface area contributed by atoms with Crippen LogP contribution in [0.15, 0.2) is 24.5 Å². The highest BCUT2D eigenvalue weighted by Crippen LogP contribution is 2.24. The van der Waals surface area contributed by atoms with E-state index in [1.807, 2.05) is 28.9 Å². The Labute approximate surface area is 118 Å². The molecule has 2 aromatic rings. The van der Waals surface area contributed by atoms with Gasteiger partial charge < -0.3 is 9.14 Å². The summed E-state index contributed by atoms with van der Waals surface area (Å²) in [6, 6.07) is 3.81. The van der Waals surface area contributed by atoms with E-state index in [0.717, 1.165) is 36.4 Å². The molecule has 0 bridgehead atoms. The summed E-state index contributed by atoms with van der Waals surface area (Å²) in [4.78, 5) is 4.60. The zero-order chi connectivity index (χ0) is 14.2. The van der Waals surface area contributed by atoms with E-state index in [1.54, 1.807) is 7.11 Å². The highest BCUT2D eigenvalue weighted by Gasteiger charge is 2.24. The van der Waals surface area contributed by atoms with Crippen molar-refractivity contribution < 1.29 is 13.2 Å². The number of methoxy groups -OCH3 is 1. The average Bonchev–Trinajstić information content (AvgIpc) is 2.83. The highest BCUT2D eigenvalue weighted by atomic mass is 32.2. The van der Waals surface area contributed by atoms with Gasteiger partial charge >= 0.3 is 0 Å². The van der Waals surface area contributed by atoms with Crippen LogP contribution in [0.1, 0.15) is 18.5 Å². The molecule has 0 aliphatic carbocycles. The summed E-state index contributed by atoms with van der Waals surface area (Å²) in [6.07, 6.45) is 6.27. The maximum Gasteiger partial charge on any atom is 0.179 e. The Morgan fingerprint density at radius 1 is 1.40 bits per heavy atom. The van der Waals surface area contributed by atoms with Crippen LogP contribution < -0.4 is 4.74 Å². The number of sulfone groups is 1. The molecule has 5 nitrogen and oxygen atoms in total. The van der Waals surface area contributed by atoms with Crippen LogP contribution in [-0.2, 0) is 16.3 Å². The molecule has 0 atom stereocenters. The molecule has 1 saturated heterocycles. The number of ether oxygens (including phenoxy) is 1. The molecule has 0 radical (unpaired) electrons. The lowest BCUT2D eigenvalue weighted by Gasteiger charge is -2.20. The van der Waals surface area contributed by atoms with Gasteiger partial charge in [-0.3, -0.25) is 0 Å². The summed E-state index contributed by atoms with van der Waals surface area (Å²) in [6.45, 7) is 0. The van der Waals surface area contributed by atoms with Crippen LogP contribution in [0.4, 0.5) is 0 Å². The van der Waals surface area contributed by atoms with E-state index in [4.69, 9.17) is 4.74 Å². The third kappa shape index (κ3) is 2.65. The van der Waals surface area contributed by atoms with Gasteiger partial charge in [0.15, 0.2) is 11.4 Å². The standard InChI is InChI=1S/C14H18N2O3S/c1-19-13-3-2-6-16-10-12(15-14(13)16)9-11-4-7-20(17,18)8-5-11/h2-3,6,10-11H,4-5,7-9H2,1H3. The monoisotopic (exact) mass is 294 g/mol. The average molecular weight is 294 g/mol. The molecule has 0 spiro atoms. The molecule has 2 aromatic heterocycles. The number of nitrogens with zero attached hydrogens (tertiary/aromatic N) is 2. The second-order valence-corrected chi connectivity index (χ2v) is 7.64. The molecular formula is C14H18N2O3S. The fraction of sp³-hybridized carbons (Fsp3) is 0.500. The third-order valence-corrected chi connectivity index (χ3v) is 5.60. The second kappa shape index (κ2) is 5.09. The molecule has 1 aliphatic rings. The summed E-state index contributed by atoms with van der Waals surface area (Å²) in [5.41, 5.74) is 1.81. The molecule has 3 rings (SSSR count). The topological polar surface area (TPSA) is 60.7 Å². The molecule has 0 N–H and O–H groups in total. The number of hydrogen-bond acceptors (Lipinski definition) is 4. The smallest absolute Gasteiger partial charge is 0.179 e. The molecule has 0 unspecified atom stereocenters. The number of rotatable bonds is 3. The Bertz CT molecular complexity index is 707. The van der Waals surface area contributed by atoms with Gasteiger partial charge in [0.25, 0.3) is 0 Å². The zero-order valence-corrected chi connectivity index (χ0v) is 12.3. The minimum absolute atomic E-state index is 0.314. The summed E-state index contributed by atoms with van der Waals surface area (Å²) >= 11 is 0. The van der Waals surface area contributed by atoms with E-state index in [9.17, 15) is 8.42 Å². The van der Waals surface area contributed by atoms with E-state index in [1.165, 1.54) is 0 Å². The van der Waals surface area contributed by atoms with Gasteiger partial charge in [-0.05, 0) is 37.3 Å². The predicted octanol–water partition coefficient (Wildman–Crippen LogP) is 1.71. The molecule has 1 fully saturated rings. The minimum Gasteiger partial charge on any atom is -0.493 e. The van der Waals surface area contributed by atoms with Crippen molar-refractivity contribution in [3.63, 3.8) is 0 Å². The van der Waals surface area contributed by atoms with Crippen molar-refractivity contribution in [3.05, 3.63) is 30.2 Å². The van der Waals surface area contributed by atoms with Crippen LogP contribution >= 0.6 is 0 Å². The molecule has 1 aliphatic heterocycles. The number of hydrogen-bond donors (Lipinski definition) is 0. The van der Waals surface area contributed by atoms with Crippen LogP contribution in [-0.4, -0.2) is 36.4 Å². The molecular weight excluding hydrogens is 276 g/mol. The first-order chi connectivity index (χ1) is 9.57. The molecule has 6 heteroatoms. The first-order valence-corrected chi connectivity index (χ1v) is 8.60. The van der Waals surface area contributed by atoms with Gasteiger partial charge in [0.2, 0.25) is 0 Å². The molecule has 0 saturated carbocycles. The Kier molecular flexibility index (Phi) is 3.41. The Balaban J connectivity index is 1.78. The largest absolute Gasteiger partial charge is 0.493 e. The van der Waals surface area contributed by atoms with E-state index in [2.05, 4.69) is 4.98 Å². The zero-order valence-electron chi connectivity index (χ0n) is 11.4. The van der Waals surface area contributed by atoms with Crippen LogP contribution in [0.25, 0.3) is 5.65 Å². The second-order valence-electron chi connectivity index (χ2n) is 5.34.